The van der Waals surface area contributed by atoms with E-state index in [9.17, 15) is 17.6 Å². The third-order valence-electron chi connectivity index (χ3n) is 3.14. The van der Waals surface area contributed by atoms with Crippen molar-refractivity contribution in [2.45, 2.75) is 6.18 Å². The molecule has 0 aliphatic heterocycles. The van der Waals surface area contributed by atoms with E-state index in [4.69, 9.17) is 0 Å². The fourth-order valence-corrected chi connectivity index (χ4v) is 2.07. The van der Waals surface area contributed by atoms with Crippen molar-refractivity contribution in [2.75, 3.05) is 17.7 Å². The number of nitrogens with zero attached hydrogens (tertiary/aromatic N) is 3. The van der Waals surface area contributed by atoms with Crippen LogP contribution in [0.2, 0.25) is 0 Å². The molecule has 0 radical (unpaired) electrons. The summed E-state index contributed by atoms with van der Waals surface area (Å²) < 4.78 is 52.4. The summed E-state index contributed by atoms with van der Waals surface area (Å²) in [6, 6.07) is 2.70. The van der Waals surface area contributed by atoms with Gasteiger partial charge in [0.2, 0.25) is 5.95 Å². The summed E-state index contributed by atoms with van der Waals surface area (Å²) in [6.07, 6.45) is -2.56. The van der Waals surface area contributed by atoms with Gasteiger partial charge in [0, 0.05) is 18.6 Å². The molecule has 3 aromatic rings. The minimum Gasteiger partial charge on any atom is -0.372 e. The lowest BCUT2D eigenvalue weighted by atomic mass is 10.2. The van der Waals surface area contributed by atoms with E-state index in [1.165, 1.54) is 25.4 Å². The summed E-state index contributed by atoms with van der Waals surface area (Å²) in [4.78, 5) is 7.34. The van der Waals surface area contributed by atoms with Gasteiger partial charge in [-0.15, -0.1) is 0 Å². The number of H-pyrrole nitrogens is 1. The molecular formula is C13H10F4N6. The van der Waals surface area contributed by atoms with Crippen molar-refractivity contribution in [1.82, 2.24) is 20.2 Å². The van der Waals surface area contributed by atoms with Crippen LogP contribution in [0.4, 0.5) is 35.0 Å². The Morgan fingerprint density at radius 2 is 1.96 bits per heavy atom. The van der Waals surface area contributed by atoms with E-state index in [0.29, 0.717) is 17.1 Å². The van der Waals surface area contributed by atoms with Gasteiger partial charge in [0.25, 0.3) is 0 Å². The first-order valence-corrected chi connectivity index (χ1v) is 6.40. The van der Waals surface area contributed by atoms with E-state index in [0.717, 1.165) is 0 Å². The van der Waals surface area contributed by atoms with Crippen LogP contribution < -0.4 is 10.6 Å². The molecule has 0 spiro atoms. The molecule has 0 amide bonds. The summed E-state index contributed by atoms with van der Waals surface area (Å²) in [7, 11) is 1.30. The first kappa shape index (κ1) is 15.0. The van der Waals surface area contributed by atoms with Crippen LogP contribution in [0.5, 0.6) is 0 Å². The Morgan fingerprint density at radius 1 is 1.17 bits per heavy atom. The van der Waals surface area contributed by atoms with E-state index in [-0.39, 0.29) is 11.6 Å². The number of anilines is 3. The van der Waals surface area contributed by atoms with Gasteiger partial charge in [-0.25, -0.2) is 9.37 Å². The second-order valence-electron chi connectivity index (χ2n) is 4.58. The zero-order valence-corrected chi connectivity index (χ0v) is 11.7. The SMILES string of the molecule is CNc1nc(Nc2c(F)ccc3[nH]ncc23)ncc1C(F)(F)F. The topological polar surface area (TPSA) is 78.5 Å². The Kier molecular flexibility index (Phi) is 3.51. The van der Waals surface area contributed by atoms with Crippen molar-refractivity contribution in [2.24, 2.45) is 0 Å². The number of aromatic nitrogens is 4. The van der Waals surface area contributed by atoms with E-state index in [2.05, 4.69) is 30.8 Å². The minimum atomic E-state index is -4.59. The van der Waals surface area contributed by atoms with E-state index >= 15 is 0 Å². The molecule has 0 unspecified atom stereocenters. The molecule has 6 nitrogen and oxygen atoms in total. The number of benzene rings is 1. The second-order valence-corrected chi connectivity index (χ2v) is 4.58. The highest BCUT2D eigenvalue weighted by molar-refractivity contribution is 5.92. The zero-order valence-electron chi connectivity index (χ0n) is 11.7. The molecule has 10 heteroatoms. The monoisotopic (exact) mass is 326 g/mol. The number of hydrogen-bond donors (Lipinski definition) is 3. The number of fused-ring (bicyclic) bond motifs is 1. The maximum atomic E-state index is 14.0. The Morgan fingerprint density at radius 3 is 2.65 bits per heavy atom. The molecule has 23 heavy (non-hydrogen) atoms. The lowest BCUT2D eigenvalue weighted by Gasteiger charge is -2.13. The Bertz CT molecular complexity index is 857. The Labute approximate surface area is 126 Å². The number of halogens is 4. The normalized spacial score (nSPS) is 11.7. The smallest absolute Gasteiger partial charge is 0.372 e. The van der Waals surface area contributed by atoms with E-state index in [1.807, 2.05) is 0 Å². The van der Waals surface area contributed by atoms with Crippen LogP contribution in [0, 0.1) is 5.82 Å². The average Bonchev–Trinajstić information content (AvgIpc) is 2.97. The van der Waals surface area contributed by atoms with Gasteiger partial charge in [-0.3, -0.25) is 5.10 Å². The summed E-state index contributed by atoms with van der Waals surface area (Å²) in [6.45, 7) is 0. The predicted molar refractivity (Wildman–Crippen MR) is 75.9 cm³/mol. The molecule has 0 bridgehead atoms. The highest BCUT2D eigenvalue weighted by Crippen LogP contribution is 2.34. The first-order valence-electron chi connectivity index (χ1n) is 6.40. The van der Waals surface area contributed by atoms with Gasteiger partial charge in [0.1, 0.15) is 17.2 Å². The predicted octanol–water partition coefficient (Wildman–Crippen LogP) is 3.30. The van der Waals surface area contributed by atoms with Crippen molar-refractivity contribution < 1.29 is 17.6 Å². The molecule has 0 fully saturated rings. The Hall–Kier alpha value is -2.91. The van der Waals surface area contributed by atoms with E-state index < -0.39 is 23.4 Å². The number of aromatic amines is 1. The number of rotatable bonds is 3. The third-order valence-corrected chi connectivity index (χ3v) is 3.14. The first-order chi connectivity index (χ1) is 10.9. The molecule has 0 saturated heterocycles. The highest BCUT2D eigenvalue weighted by Gasteiger charge is 2.35. The molecular weight excluding hydrogens is 316 g/mol. The fourth-order valence-electron chi connectivity index (χ4n) is 2.07. The van der Waals surface area contributed by atoms with Crippen molar-refractivity contribution in [1.29, 1.82) is 0 Å². The van der Waals surface area contributed by atoms with Gasteiger partial charge < -0.3 is 10.6 Å². The molecule has 0 saturated carbocycles. The van der Waals surface area contributed by atoms with Crippen LogP contribution in [0.1, 0.15) is 5.56 Å². The van der Waals surface area contributed by atoms with Crippen LogP contribution in [0.15, 0.2) is 24.5 Å². The third kappa shape index (κ3) is 2.74. The molecule has 0 aliphatic rings. The average molecular weight is 326 g/mol. The molecule has 3 N–H and O–H groups in total. The lowest BCUT2D eigenvalue weighted by Crippen LogP contribution is -2.12. The van der Waals surface area contributed by atoms with E-state index in [1.54, 1.807) is 0 Å². The molecule has 2 heterocycles. The fraction of sp³-hybridized carbons (Fsp3) is 0.154. The summed E-state index contributed by atoms with van der Waals surface area (Å²) in [5.74, 6) is -1.18. The van der Waals surface area contributed by atoms with Gasteiger partial charge in [0.15, 0.2) is 0 Å². The lowest BCUT2D eigenvalue weighted by molar-refractivity contribution is -0.137. The number of nitrogens with one attached hydrogen (secondary N) is 3. The van der Waals surface area contributed by atoms with Gasteiger partial charge in [-0.05, 0) is 12.1 Å². The molecule has 1 aromatic carbocycles. The summed E-state index contributed by atoms with van der Waals surface area (Å²) >= 11 is 0. The second kappa shape index (κ2) is 5.38. The number of alkyl halides is 3. The van der Waals surface area contributed by atoms with Crippen LogP contribution in [0.25, 0.3) is 10.9 Å². The van der Waals surface area contributed by atoms with Crippen molar-refractivity contribution in [3.63, 3.8) is 0 Å². The van der Waals surface area contributed by atoms with Crippen molar-refractivity contribution >= 4 is 28.4 Å². The zero-order chi connectivity index (χ0) is 16.6. The van der Waals surface area contributed by atoms with Crippen LogP contribution in [-0.2, 0) is 6.18 Å². The van der Waals surface area contributed by atoms with Crippen LogP contribution in [-0.4, -0.2) is 27.2 Å². The quantitative estimate of drug-likeness (QED) is 0.644. The standard InChI is InChI=1S/C13H10F4N6/c1-18-11-7(13(15,16)17)5-19-12(22-11)21-10-6-4-20-23-9(6)3-2-8(10)14/h2-5H,1H3,(H,20,23)(H2,18,19,21,22). The van der Waals surface area contributed by atoms with Crippen molar-refractivity contribution in [3.05, 3.63) is 35.9 Å². The maximum Gasteiger partial charge on any atom is 0.421 e. The molecule has 0 atom stereocenters. The van der Waals surface area contributed by atoms with Crippen LogP contribution in [0.3, 0.4) is 0 Å². The largest absolute Gasteiger partial charge is 0.421 e. The molecule has 3 rings (SSSR count). The minimum absolute atomic E-state index is 0.0260. The maximum absolute atomic E-state index is 14.0. The van der Waals surface area contributed by atoms with Gasteiger partial charge in [-0.1, -0.05) is 0 Å². The summed E-state index contributed by atoms with van der Waals surface area (Å²) in [5, 5.41) is 11.8. The van der Waals surface area contributed by atoms with Crippen LogP contribution >= 0.6 is 0 Å². The summed E-state index contributed by atoms with van der Waals surface area (Å²) in [5.41, 5.74) is -0.416. The van der Waals surface area contributed by atoms with Crippen molar-refractivity contribution in [3.8, 4) is 0 Å². The highest BCUT2D eigenvalue weighted by atomic mass is 19.4. The van der Waals surface area contributed by atoms with Gasteiger partial charge in [-0.2, -0.15) is 23.3 Å². The Balaban J connectivity index is 2.03. The number of hydrogen-bond acceptors (Lipinski definition) is 5. The van der Waals surface area contributed by atoms with Gasteiger partial charge >= 0.3 is 6.18 Å². The van der Waals surface area contributed by atoms with Gasteiger partial charge in [0.05, 0.1) is 17.4 Å². The molecule has 120 valence electrons. The molecule has 2 aromatic heterocycles. The molecule has 0 aliphatic carbocycles.